The number of halogens is 2. The summed E-state index contributed by atoms with van der Waals surface area (Å²) in [6.45, 7) is 0.371. The molecule has 4 nitrogen and oxygen atoms in total. The fourth-order valence-corrected chi connectivity index (χ4v) is 3.92. The molecule has 1 N–H and O–H groups in total. The SMILES string of the molecule is O=C(NN=Cc1ccc(Br)s1)c1ccccc1OCc1cccc(Br)c1. The fraction of sp³-hybridized carbons (Fsp3) is 0.0526. The van der Waals surface area contributed by atoms with Crippen molar-refractivity contribution in [3.05, 3.63) is 84.9 Å². The van der Waals surface area contributed by atoms with Crippen LogP contribution in [0, 0.1) is 0 Å². The second-order valence-corrected chi connectivity index (χ2v) is 8.67. The highest BCUT2D eigenvalue weighted by Crippen LogP contribution is 2.21. The van der Waals surface area contributed by atoms with E-state index >= 15 is 0 Å². The average molecular weight is 494 g/mol. The van der Waals surface area contributed by atoms with Gasteiger partial charge in [0.15, 0.2) is 0 Å². The molecule has 0 fully saturated rings. The molecule has 26 heavy (non-hydrogen) atoms. The summed E-state index contributed by atoms with van der Waals surface area (Å²) in [5, 5.41) is 4.01. The van der Waals surface area contributed by atoms with Crippen molar-refractivity contribution in [2.75, 3.05) is 0 Å². The lowest BCUT2D eigenvalue weighted by atomic mass is 10.2. The minimum Gasteiger partial charge on any atom is -0.488 e. The van der Waals surface area contributed by atoms with Crippen molar-refractivity contribution in [1.29, 1.82) is 0 Å². The Hall–Kier alpha value is -1.96. The first-order valence-electron chi connectivity index (χ1n) is 7.67. The van der Waals surface area contributed by atoms with Crippen molar-refractivity contribution in [3.8, 4) is 5.75 Å². The van der Waals surface area contributed by atoms with Gasteiger partial charge in [-0.05, 0) is 57.9 Å². The van der Waals surface area contributed by atoms with Crippen LogP contribution in [-0.2, 0) is 6.61 Å². The average Bonchev–Trinajstić information content (AvgIpc) is 3.05. The number of hydrogen-bond donors (Lipinski definition) is 1. The van der Waals surface area contributed by atoms with Crippen LogP contribution in [0.15, 0.2) is 74.0 Å². The van der Waals surface area contributed by atoms with Crippen LogP contribution in [0.25, 0.3) is 0 Å². The predicted molar refractivity (Wildman–Crippen MR) is 112 cm³/mol. The van der Waals surface area contributed by atoms with Crippen LogP contribution in [0.4, 0.5) is 0 Å². The van der Waals surface area contributed by atoms with Crippen LogP contribution < -0.4 is 10.2 Å². The van der Waals surface area contributed by atoms with Gasteiger partial charge in [0, 0.05) is 9.35 Å². The molecule has 0 saturated carbocycles. The van der Waals surface area contributed by atoms with Gasteiger partial charge in [-0.2, -0.15) is 5.10 Å². The Morgan fingerprint density at radius 1 is 1.12 bits per heavy atom. The molecule has 0 aliphatic heterocycles. The van der Waals surface area contributed by atoms with Crippen molar-refractivity contribution in [2.45, 2.75) is 6.61 Å². The minimum absolute atomic E-state index is 0.318. The molecule has 0 aliphatic carbocycles. The zero-order valence-electron chi connectivity index (χ0n) is 13.5. The van der Waals surface area contributed by atoms with Gasteiger partial charge in [0.05, 0.1) is 15.6 Å². The Morgan fingerprint density at radius 3 is 2.73 bits per heavy atom. The first kappa shape index (κ1) is 18.8. The normalized spacial score (nSPS) is 10.8. The number of carbonyl (C=O) groups is 1. The first-order chi connectivity index (χ1) is 12.6. The van der Waals surface area contributed by atoms with E-state index in [9.17, 15) is 4.79 Å². The van der Waals surface area contributed by atoms with Gasteiger partial charge in [0.1, 0.15) is 12.4 Å². The molecule has 2 aromatic carbocycles. The molecular formula is C19H14Br2N2O2S. The first-order valence-corrected chi connectivity index (χ1v) is 10.1. The summed E-state index contributed by atoms with van der Waals surface area (Å²) in [5.41, 5.74) is 3.99. The highest BCUT2D eigenvalue weighted by molar-refractivity contribution is 9.11. The zero-order valence-corrected chi connectivity index (χ0v) is 17.5. The zero-order chi connectivity index (χ0) is 18.4. The van der Waals surface area contributed by atoms with Crippen molar-refractivity contribution < 1.29 is 9.53 Å². The Labute approximate surface area is 172 Å². The number of para-hydroxylation sites is 1. The van der Waals surface area contributed by atoms with E-state index in [-0.39, 0.29) is 5.91 Å². The minimum atomic E-state index is -0.318. The third-order valence-corrected chi connectivity index (χ3v) is 5.42. The molecule has 0 radical (unpaired) electrons. The maximum Gasteiger partial charge on any atom is 0.275 e. The number of rotatable bonds is 6. The number of nitrogens with zero attached hydrogens (tertiary/aromatic N) is 1. The summed E-state index contributed by atoms with van der Waals surface area (Å²) in [4.78, 5) is 13.3. The summed E-state index contributed by atoms with van der Waals surface area (Å²) in [6.07, 6.45) is 1.61. The molecule has 3 rings (SSSR count). The predicted octanol–water partition coefficient (Wildman–Crippen LogP) is 5.62. The number of benzene rings is 2. The lowest BCUT2D eigenvalue weighted by Gasteiger charge is -2.10. The summed E-state index contributed by atoms with van der Waals surface area (Å²) < 4.78 is 7.83. The molecule has 0 spiro atoms. The molecule has 0 bridgehead atoms. The number of thiophene rings is 1. The third-order valence-electron chi connectivity index (χ3n) is 3.37. The molecule has 0 saturated heterocycles. The van der Waals surface area contributed by atoms with Crippen LogP contribution in [0.1, 0.15) is 20.8 Å². The van der Waals surface area contributed by atoms with Gasteiger partial charge in [0.25, 0.3) is 5.91 Å². The van der Waals surface area contributed by atoms with Gasteiger partial charge >= 0.3 is 0 Å². The summed E-state index contributed by atoms with van der Waals surface area (Å²) in [5.74, 6) is 0.195. The van der Waals surface area contributed by atoms with E-state index in [1.54, 1.807) is 24.4 Å². The maximum absolute atomic E-state index is 12.4. The molecule has 0 aliphatic rings. The van der Waals surface area contributed by atoms with Gasteiger partial charge < -0.3 is 4.74 Å². The quantitative estimate of drug-likeness (QED) is 0.358. The maximum atomic E-state index is 12.4. The van der Waals surface area contributed by atoms with Crippen LogP contribution >= 0.6 is 43.2 Å². The van der Waals surface area contributed by atoms with Crippen LogP contribution in [-0.4, -0.2) is 12.1 Å². The second kappa shape index (κ2) is 9.12. The largest absolute Gasteiger partial charge is 0.488 e. The Kier molecular flexibility index (Phi) is 6.60. The molecule has 3 aromatic rings. The van der Waals surface area contributed by atoms with Crippen LogP contribution in [0.5, 0.6) is 5.75 Å². The monoisotopic (exact) mass is 492 g/mol. The Morgan fingerprint density at radius 2 is 1.96 bits per heavy atom. The topological polar surface area (TPSA) is 50.7 Å². The third kappa shape index (κ3) is 5.27. The second-order valence-electron chi connectivity index (χ2n) is 5.26. The summed E-state index contributed by atoms with van der Waals surface area (Å²) in [7, 11) is 0. The van der Waals surface area contributed by atoms with Crippen LogP contribution in [0.3, 0.4) is 0 Å². The van der Waals surface area contributed by atoms with Gasteiger partial charge in [-0.15, -0.1) is 11.3 Å². The number of hydrogen-bond acceptors (Lipinski definition) is 4. The van der Waals surface area contributed by atoms with Gasteiger partial charge in [-0.1, -0.05) is 40.2 Å². The van der Waals surface area contributed by atoms with Crippen molar-refractivity contribution in [3.63, 3.8) is 0 Å². The number of ether oxygens (including phenoxy) is 1. The van der Waals surface area contributed by atoms with Gasteiger partial charge in [0.2, 0.25) is 0 Å². The van der Waals surface area contributed by atoms with E-state index in [0.717, 1.165) is 18.7 Å². The number of carbonyl (C=O) groups excluding carboxylic acids is 1. The van der Waals surface area contributed by atoms with E-state index in [2.05, 4.69) is 42.4 Å². The van der Waals surface area contributed by atoms with Crippen molar-refractivity contribution >= 4 is 55.3 Å². The summed E-state index contributed by atoms with van der Waals surface area (Å²) in [6, 6.07) is 18.8. The fourth-order valence-electron chi connectivity index (χ4n) is 2.18. The van der Waals surface area contributed by atoms with Crippen LogP contribution in [0.2, 0.25) is 0 Å². The van der Waals surface area contributed by atoms with Gasteiger partial charge in [-0.25, -0.2) is 5.43 Å². The standard InChI is InChI=1S/C19H14Br2N2O2S/c20-14-5-3-4-13(10-14)12-25-17-7-2-1-6-16(17)19(24)23-22-11-15-8-9-18(21)26-15/h1-11H,12H2,(H,23,24). The molecule has 0 atom stereocenters. The van der Waals surface area contributed by atoms with Crippen molar-refractivity contribution in [1.82, 2.24) is 5.43 Å². The van der Waals surface area contributed by atoms with E-state index in [0.29, 0.717) is 17.9 Å². The molecular weight excluding hydrogens is 480 g/mol. The van der Waals surface area contributed by atoms with E-state index < -0.39 is 0 Å². The molecule has 1 aromatic heterocycles. The highest BCUT2D eigenvalue weighted by atomic mass is 79.9. The molecule has 0 unspecified atom stereocenters. The molecule has 1 amide bonds. The molecule has 7 heteroatoms. The van der Waals surface area contributed by atoms with Gasteiger partial charge in [-0.3, -0.25) is 4.79 Å². The van der Waals surface area contributed by atoms with Crippen molar-refractivity contribution in [2.24, 2.45) is 5.10 Å². The molecule has 1 heterocycles. The lowest BCUT2D eigenvalue weighted by Crippen LogP contribution is -2.18. The number of amides is 1. The Balaban J connectivity index is 1.65. The van der Waals surface area contributed by atoms with E-state index in [1.165, 1.54) is 11.3 Å². The van der Waals surface area contributed by atoms with E-state index in [1.807, 2.05) is 42.5 Å². The lowest BCUT2D eigenvalue weighted by molar-refractivity contribution is 0.0950. The smallest absolute Gasteiger partial charge is 0.275 e. The Bertz CT molecular complexity index is 941. The molecule has 132 valence electrons. The number of nitrogens with one attached hydrogen (secondary N) is 1. The summed E-state index contributed by atoms with van der Waals surface area (Å²) >= 11 is 8.36. The van der Waals surface area contributed by atoms with E-state index in [4.69, 9.17) is 4.74 Å². The highest BCUT2D eigenvalue weighted by Gasteiger charge is 2.11. The number of hydrazone groups is 1.